The lowest BCUT2D eigenvalue weighted by Crippen LogP contribution is -2.49. The highest BCUT2D eigenvalue weighted by Crippen LogP contribution is 2.30. The van der Waals surface area contributed by atoms with Gasteiger partial charge in [-0.3, -0.25) is 4.79 Å². The van der Waals surface area contributed by atoms with Gasteiger partial charge in [0.1, 0.15) is 5.58 Å². The maximum Gasteiger partial charge on any atom is 0.290 e. The Bertz CT molecular complexity index is 904. The van der Waals surface area contributed by atoms with Crippen LogP contribution in [0.3, 0.4) is 0 Å². The number of hydrogen-bond donors (Lipinski definition) is 0. The number of carbonyl (C=O) groups excluding carboxylic acids is 1. The van der Waals surface area contributed by atoms with Crippen LogP contribution in [0.15, 0.2) is 47.1 Å². The summed E-state index contributed by atoms with van der Waals surface area (Å²) in [4.78, 5) is 25.6. The molecular weight excluding hydrogens is 348 g/mol. The quantitative estimate of drug-likeness (QED) is 0.705. The second-order valence-corrected chi connectivity index (χ2v) is 7.03. The van der Waals surface area contributed by atoms with Crippen molar-refractivity contribution in [2.45, 2.75) is 5.75 Å². The first-order valence-electron chi connectivity index (χ1n) is 8.58. The van der Waals surface area contributed by atoms with Crippen molar-refractivity contribution < 1.29 is 9.21 Å². The summed E-state index contributed by atoms with van der Waals surface area (Å²) in [6, 6.07) is 9.65. The zero-order chi connectivity index (χ0) is 17.9. The van der Waals surface area contributed by atoms with Gasteiger partial charge in [0.25, 0.3) is 5.91 Å². The van der Waals surface area contributed by atoms with Gasteiger partial charge in [-0.25, -0.2) is 9.97 Å². The minimum atomic E-state index is -0.0288. The summed E-state index contributed by atoms with van der Waals surface area (Å²) >= 11 is 1.69. The minimum absolute atomic E-state index is 0.0288. The molecule has 0 atom stereocenters. The number of anilines is 1. The molecule has 0 unspecified atom stereocenters. The van der Waals surface area contributed by atoms with Gasteiger partial charge in [0.05, 0.1) is 0 Å². The minimum Gasteiger partial charge on any atom is -0.451 e. The molecule has 6 nitrogen and oxygen atoms in total. The lowest BCUT2D eigenvalue weighted by Gasteiger charge is -2.34. The Balaban J connectivity index is 1.54. The topological polar surface area (TPSA) is 62.5 Å². The van der Waals surface area contributed by atoms with E-state index in [1.165, 1.54) is 0 Å². The number of piperazine rings is 1. The zero-order valence-electron chi connectivity index (χ0n) is 14.6. The van der Waals surface area contributed by atoms with Crippen LogP contribution >= 0.6 is 11.8 Å². The van der Waals surface area contributed by atoms with Crippen LogP contribution in [-0.2, 0) is 5.75 Å². The summed E-state index contributed by atoms with van der Waals surface area (Å²) in [5.74, 6) is 1.92. The van der Waals surface area contributed by atoms with Gasteiger partial charge in [-0.05, 0) is 18.4 Å². The van der Waals surface area contributed by atoms with Crippen LogP contribution in [0.5, 0.6) is 0 Å². The Labute approximate surface area is 156 Å². The Morgan fingerprint density at radius 1 is 1.12 bits per heavy atom. The number of para-hydroxylation sites is 1. The van der Waals surface area contributed by atoms with Crippen LogP contribution in [0.2, 0.25) is 0 Å². The van der Waals surface area contributed by atoms with Gasteiger partial charge >= 0.3 is 0 Å². The number of rotatable bonds is 4. The lowest BCUT2D eigenvalue weighted by atomic mass is 10.1. The predicted octanol–water partition coefficient (Wildman–Crippen LogP) is 3.05. The van der Waals surface area contributed by atoms with E-state index < -0.39 is 0 Å². The number of amides is 1. The number of aromatic nitrogens is 2. The molecule has 2 aromatic heterocycles. The van der Waals surface area contributed by atoms with Crippen molar-refractivity contribution in [3.05, 3.63) is 54.0 Å². The van der Waals surface area contributed by atoms with Crippen molar-refractivity contribution in [2.24, 2.45) is 0 Å². The molecule has 1 fully saturated rings. The number of benzene rings is 1. The van der Waals surface area contributed by atoms with Crippen molar-refractivity contribution in [3.63, 3.8) is 0 Å². The van der Waals surface area contributed by atoms with E-state index in [4.69, 9.17) is 4.42 Å². The molecule has 1 aliphatic rings. The molecule has 7 heteroatoms. The summed E-state index contributed by atoms with van der Waals surface area (Å²) in [6.07, 6.45) is 5.51. The predicted molar refractivity (Wildman–Crippen MR) is 104 cm³/mol. The average molecular weight is 368 g/mol. The van der Waals surface area contributed by atoms with E-state index in [-0.39, 0.29) is 5.91 Å². The molecule has 0 bridgehead atoms. The fraction of sp³-hybridized carbons (Fsp3) is 0.316. The third kappa shape index (κ3) is 3.14. The van der Waals surface area contributed by atoms with E-state index in [0.29, 0.717) is 37.9 Å². The molecular formula is C19H20N4O2S. The maximum atomic E-state index is 13.1. The maximum absolute atomic E-state index is 13.1. The van der Waals surface area contributed by atoms with E-state index in [9.17, 15) is 4.79 Å². The average Bonchev–Trinajstić information content (AvgIpc) is 3.07. The van der Waals surface area contributed by atoms with Gasteiger partial charge in [-0.2, -0.15) is 11.8 Å². The molecule has 0 saturated carbocycles. The van der Waals surface area contributed by atoms with E-state index >= 15 is 0 Å². The van der Waals surface area contributed by atoms with Crippen molar-refractivity contribution in [1.29, 1.82) is 0 Å². The van der Waals surface area contributed by atoms with Crippen LogP contribution in [-0.4, -0.2) is 53.2 Å². The third-order valence-corrected chi connectivity index (χ3v) is 5.16. The normalized spacial score (nSPS) is 14.8. The molecule has 1 aromatic carbocycles. The molecule has 3 heterocycles. The summed E-state index contributed by atoms with van der Waals surface area (Å²) in [5.41, 5.74) is 1.77. The van der Waals surface area contributed by atoms with Gasteiger partial charge < -0.3 is 14.2 Å². The highest BCUT2D eigenvalue weighted by molar-refractivity contribution is 7.97. The van der Waals surface area contributed by atoms with Crippen LogP contribution < -0.4 is 4.90 Å². The Kier molecular flexibility index (Phi) is 4.79. The monoisotopic (exact) mass is 368 g/mol. The molecule has 1 saturated heterocycles. The van der Waals surface area contributed by atoms with E-state index in [0.717, 1.165) is 22.3 Å². The van der Waals surface area contributed by atoms with Gasteiger partial charge in [0.15, 0.2) is 5.76 Å². The van der Waals surface area contributed by atoms with Gasteiger partial charge in [-0.15, -0.1) is 0 Å². The number of carbonyl (C=O) groups is 1. The molecule has 0 N–H and O–H groups in total. The van der Waals surface area contributed by atoms with E-state index in [1.807, 2.05) is 35.4 Å². The lowest BCUT2D eigenvalue weighted by molar-refractivity contribution is 0.0715. The molecule has 1 amide bonds. The second kappa shape index (κ2) is 7.37. The number of furan rings is 1. The smallest absolute Gasteiger partial charge is 0.290 e. The number of fused-ring (bicyclic) bond motifs is 1. The van der Waals surface area contributed by atoms with Gasteiger partial charge in [0.2, 0.25) is 5.95 Å². The van der Waals surface area contributed by atoms with Crippen LogP contribution in [0, 0.1) is 0 Å². The molecule has 26 heavy (non-hydrogen) atoms. The van der Waals surface area contributed by atoms with Gasteiger partial charge in [0, 0.05) is 55.3 Å². The first kappa shape index (κ1) is 16.9. The van der Waals surface area contributed by atoms with Crippen molar-refractivity contribution in [3.8, 4) is 0 Å². The van der Waals surface area contributed by atoms with Crippen molar-refractivity contribution in [1.82, 2.24) is 14.9 Å². The van der Waals surface area contributed by atoms with Crippen molar-refractivity contribution in [2.75, 3.05) is 37.3 Å². The van der Waals surface area contributed by atoms with E-state index in [1.54, 1.807) is 30.2 Å². The molecule has 3 aromatic rings. The molecule has 0 aliphatic carbocycles. The molecule has 134 valence electrons. The number of nitrogens with zero attached hydrogens (tertiary/aromatic N) is 4. The SMILES string of the molecule is CSCc1c(C(=O)N2CCN(c3ncccn3)CC2)oc2ccccc12. The summed E-state index contributed by atoms with van der Waals surface area (Å²) in [7, 11) is 0. The fourth-order valence-corrected chi connectivity index (χ4v) is 3.84. The molecule has 0 radical (unpaired) electrons. The summed E-state index contributed by atoms with van der Waals surface area (Å²) < 4.78 is 5.94. The Morgan fingerprint density at radius 2 is 1.85 bits per heavy atom. The van der Waals surface area contributed by atoms with Crippen molar-refractivity contribution >= 4 is 34.6 Å². The summed E-state index contributed by atoms with van der Waals surface area (Å²) in [5, 5.41) is 1.03. The standard InChI is InChI=1S/C19H20N4O2S/c1-26-13-15-14-5-2-3-6-16(14)25-17(15)18(24)22-9-11-23(12-10-22)19-20-7-4-8-21-19/h2-8H,9-13H2,1H3. The molecule has 1 aliphatic heterocycles. The number of hydrogen-bond acceptors (Lipinski definition) is 6. The Morgan fingerprint density at radius 3 is 2.58 bits per heavy atom. The summed E-state index contributed by atoms with van der Waals surface area (Å²) in [6.45, 7) is 2.70. The number of thioether (sulfide) groups is 1. The fourth-order valence-electron chi connectivity index (χ4n) is 3.27. The first-order chi connectivity index (χ1) is 12.8. The highest BCUT2D eigenvalue weighted by Gasteiger charge is 2.28. The van der Waals surface area contributed by atoms with Crippen LogP contribution in [0.1, 0.15) is 16.1 Å². The first-order valence-corrected chi connectivity index (χ1v) is 9.98. The second-order valence-electron chi connectivity index (χ2n) is 6.17. The van der Waals surface area contributed by atoms with Gasteiger partial charge in [-0.1, -0.05) is 18.2 Å². The molecule has 0 spiro atoms. The molecule has 4 rings (SSSR count). The largest absolute Gasteiger partial charge is 0.451 e. The zero-order valence-corrected chi connectivity index (χ0v) is 15.4. The highest BCUT2D eigenvalue weighted by atomic mass is 32.2. The van der Waals surface area contributed by atoms with E-state index in [2.05, 4.69) is 14.9 Å². The Hall–Kier alpha value is -2.54. The van der Waals surface area contributed by atoms with Crippen LogP contribution in [0.25, 0.3) is 11.0 Å². The third-order valence-electron chi connectivity index (χ3n) is 4.58. The van der Waals surface area contributed by atoms with Crippen LogP contribution in [0.4, 0.5) is 5.95 Å².